The molecule has 0 aromatic carbocycles. The summed E-state index contributed by atoms with van der Waals surface area (Å²) >= 11 is 7.35. The van der Waals surface area contributed by atoms with Gasteiger partial charge in [-0.25, -0.2) is 4.98 Å². The van der Waals surface area contributed by atoms with Crippen LogP contribution in [0.15, 0.2) is 18.2 Å². The van der Waals surface area contributed by atoms with Crippen LogP contribution in [0.3, 0.4) is 0 Å². The number of halogens is 1. The number of aromatic nitrogens is 1. The Kier molecular flexibility index (Phi) is 5.59. The molecule has 0 radical (unpaired) electrons. The van der Waals surface area contributed by atoms with Crippen molar-refractivity contribution in [1.29, 1.82) is 0 Å². The van der Waals surface area contributed by atoms with Crippen molar-refractivity contribution in [3.8, 4) is 0 Å². The summed E-state index contributed by atoms with van der Waals surface area (Å²) in [6.45, 7) is 0. The van der Waals surface area contributed by atoms with Crippen LogP contribution in [0.25, 0.3) is 0 Å². The molecule has 16 heavy (non-hydrogen) atoms. The number of thioether (sulfide) groups is 1. The number of hydrogen-bond donors (Lipinski definition) is 2. The van der Waals surface area contributed by atoms with Gasteiger partial charge in [0.15, 0.2) is 0 Å². The first kappa shape index (κ1) is 13.3. The molecule has 3 N–H and O–H groups in total. The molecule has 1 rings (SSSR count). The molecule has 1 atom stereocenters. The van der Waals surface area contributed by atoms with Gasteiger partial charge in [-0.05, 0) is 30.6 Å². The van der Waals surface area contributed by atoms with Gasteiger partial charge in [-0.3, -0.25) is 4.79 Å². The van der Waals surface area contributed by atoms with Gasteiger partial charge < -0.3 is 11.1 Å². The van der Waals surface area contributed by atoms with Crippen molar-refractivity contribution < 1.29 is 4.79 Å². The number of carbonyl (C=O) groups is 1. The van der Waals surface area contributed by atoms with Crippen LogP contribution in [0.1, 0.15) is 6.42 Å². The molecule has 1 heterocycles. The van der Waals surface area contributed by atoms with Crippen molar-refractivity contribution in [2.75, 3.05) is 17.3 Å². The highest BCUT2D eigenvalue weighted by atomic mass is 35.5. The third-order valence-electron chi connectivity index (χ3n) is 1.94. The van der Waals surface area contributed by atoms with Gasteiger partial charge in [0.05, 0.1) is 6.04 Å². The quantitative estimate of drug-likeness (QED) is 0.791. The van der Waals surface area contributed by atoms with E-state index < -0.39 is 6.04 Å². The number of carbonyl (C=O) groups excluding carboxylic acids is 1. The lowest BCUT2D eigenvalue weighted by Crippen LogP contribution is -2.36. The number of amides is 1. The van der Waals surface area contributed by atoms with E-state index in [1.165, 1.54) is 0 Å². The normalized spacial score (nSPS) is 12.2. The van der Waals surface area contributed by atoms with Crippen molar-refractivity contribution in [2.24, 2.45) is 5.73 Å². The monoisotopic (exact) mass is 259 g/mol. The Morgan fingerprint density at radius 3 is 3.06 bits per heavy atom. The Morgan fingerprint density at radius 1 is 1.69 bits per heavy atom. The lowest BCUT2D eigenvalue weighted by atomic mass is 10.2. The zero-order valence-electron chi connectivity index (χ0n) is 8.94. The fourth-order valence-electron chi connectivity index (χ4n) is 1.07. The molecule has 0 aliphatic carbocycles. The maximum Gasteiger partial charge on any atom is 0.242 e. The number of nitrogens with two attached hydrogens (primary N) is 1. The SMILES string of the molecule is CSCC[C@H](N)C(=O)Nc1cccc(Cl)n1. The molecule has 0 unspecified atom stereocenters. The average molecular weight is 260 g/mol. The predicted molar refractivity (Wildman–Crippen MR) is 68.9 cm³/mol. The summed E-state index contributed by atoms with van der Waals surface area (Å²) in [5.41, 5.74) is 5.70. The first-order valence-electron chi connectivity index (χ1n) is 4.81. The topological polar surface area (TPSA) is 68.0 Å². The fraction of sp³-hybridized carbons (Fsp3) is 0.400. The van der Waals surface area contributed by atoms with E-state index in [0.29, 0.717) is 17.4 Å². The minimum absolute atomic E-state index is 0.233. The largest absolute Gasteiger partial charge is 0.320 e. The fourth-order valence-corrected chi connectivity index (χ4v) is 1.73. The van der Waals surface area contributed by atoms with Gasteiger partial charge in [0, 0.05) is 0 Å². The Balaban J connectivity index is 2.50. The third kappa shape index (κ3) is 4.38. The molecule has 0 saturated heterocycles. The summed E-state index contributed by atoms with van der Waals surface area (Å²) in [5.74, 6) is 1.05. The first-order valence-corrected chi connectivity index (χ1v) is 6.58. The Morgan fingerprint density at radius 2 is 2.44 bits per heavy atom. The van der Waals surface area contributed by atoms with E-state index in [2.05, 4.69) is 10.3 Å². The van der Waals surface area contributed by atoms with Gasteiger partial charge >= 0.3 is 0 Å². The molecule has 1 aromatic rings. The maximum atomic E-state index is 11.6. The van der Waals surface area contributed by atoms with Crippen LogP contribution in [-0.4, -0.2) is 28.9 Å². The van der Waals surface area contributed by atoms with Crippen molar-refractivity contribution in [1.82, 2.24) is 4.98 Å². The number of nitrogens with one attached hydrogen (secondary N) is 1. The van der Waals surface area contributed by atoms with Crippen molar-refractivity contribution in [3.63, 3.8) is 0 Å². The highest BCUT2D eigenvalue weighted by Crippen LogP contribution is 2.09. The lowest BCUT2D eigenvalue weighted by Gasteiger charge is -2.10. The minimum atomic E-state index is -0.506. The van der Waals surface area contributed by atoms with Crippen LogP contribution in [0, 0.1) is 0 Å². The molecule has 0 bridgehead atoms. The summed E-state index contributed by atoms with van der Waals surface area (Å²) in [5, 5.41) is 2.97. The summed E-state index contributed by atoms with van der Waals surface area (Å²) in [6, 6.07) is 4.53. The molecule has 4 nitrogen and oxygen atoms in total. The van der Waals surface area contributed by atoms with E-state index in [9.17, 15) is 4.79 Å². The smallest absolute Gasteiger partial charge is 0.242 e. The van der Waals surface area contributed by atoms with Crippen molar-refractivity contribution in [3.05, 3.63) is 23.4 Å². The lowest BCUT2D eigenvalue weighted by molar-refractivity contribution is -0.117. The number of nitrogens with zero attached hydrogens (tertiary/aromatic N) is 1. The zero-order valence-corrected chi connectivity index (χ0v) is 10.5. The zero-order chi connectivity index (χ0) is 12.0. The van der Waals surface area contributed by atoms with Crippen LogP contribution >= 0.6 is 23.4 Å². The Bertz CT molecular complexity index is 362. The average Bonchev–Trinajstić information content (AvgIpc) is 2.25. The molecule has 0 saturated carbocycles. The highest BCUT2D eigenvalue weighted by molar-refractivity contribution is 7.98. The highest BCUT2D eigenvalue weighted by Gasteiger charge is 2.13. The van der Waals surface area contributed by atoms with Gasteiger partial charge in [0.2, 0.25) is 5.91 Å². The van der Waals surface area contributed by atoms with E-state index in [-0.39, 0.29) is 5.91 Å². The van der Waals surface area contributed by atoms with Gasteiger partial charge in [-0.2, -0.15) is 11.8 Å². The molecule has 0 aliphatic rings. The minimum Gasteiger partial charge on any atom is -0.320 e. The second kappa shape index (κ2) is 6.73. The van der Waals surface area contributed by atoms with E-state index in [4.69, 9.17) is 17.3 Å². The van der Waals surface area contributed by atoms with Crippen molar-refractivity contribution >= 4 is 35.1 Å². The maximum absolute atomic E-state index is 11.6. The van der Waals surface area contributed by atoms with Gasteiger partial charge in [0.25, 0.3) is 0 Å². The van der Waals surface area contributed by atoms with E-state index in [1.54, 1.807) is 30.0 Å². The van der Waals surface area contributed by atoms with Crippen LogP contribution in [0.5, 0.6) is 0 Å². The molecule has 1 amide bonds. The van der Waals surface area contributed by atoms with Gasteiger partial charge in [-0.1, -0.05) is 17.7 Å². The molecular formula is C10H14ClN3OS. The predicted octanol–water partition coefficient (Wildman–Crippen LogP) is 1.75. The van der Waals surface area contributed by atoms with E-state index in [1.807, 2.05) is 6.26 Å². The molecule has 0 fully saturated rings. The van der Waals surface area contributed by atoms with E-state index in [0.717, 1.165) is 5.75 Å². The first-order chi connectivity index (χ1) is 7.63. The summed E-state index contributed by atoms with van der Waals surface area (Å²) in [7, 11) is 0. The Hall–Kier alpha value is -0.780. The number of rotatable bonds is 5. The summed E-state index contributed by atoms with van der Waals surface area (Å²) < 4.78 is 0. The summed E-state index contributed by atoms with van der Waals surface area (Å²) in [4.78, 5) is 15.5. The Labute approximate surface area is 104 Å². The number of pyridine rings is 1. The van der Waals surface area contributed by atoms with Gasteiger partial charge in [0.1, 0.15) is 11.0 Å². The molecular weight excluding hydrogens is 246 g/mol. The summed E-state index contributed by atoms with van der Waals surface area (Å²) in [6.07, 6.45) is 2.62. The van der Waals surface area contributed by atoms with Crippen LogP contribution in [-0.2, 0) is 4.79 Å². The molecule has 0 spiro atoms. The van der Waals surface area contributed by atoms with Crippen LogP contribution in [0.2, 0.25) is 5.15 Å². The third-order valence-corrected chi connectivity index (χ3v) is 2.79. The number of hydrogen-bond acceptors (Lipinski definition) is 4. The van der Waals surface area contributed by atoms with Crippen LogP contribution in [0.4, 0.5) is 5.82 Å². The molecule has 88 valence electrons. The van der Waals surface area contributed by atoms with Crippen molar-refractivity contribution in [2.45, 2.75) is 12.5 Å². The molecule has 1 aromatic heterocycles. The number of anilines is 1. The standard InChI is InChI=1S/C10H14ClN3OS/c1-16-6-5-7(12)10(15)14-9-4-2-3-8(11)13-9/h2-4,7H,5-6,12H2,1H3,(H,13,14,15)/t7-/m0/s1. The molecule has 6 heteroatoms. The van der Waals surface area contributed by atoms with Crippen LogP contribution < -0.4 is 11.1 Å². The molecule has 0 aliphatic heterocycles. The second-order valence-electron chi connectivity index (χ2n) is 3.22. The van der Waals surface area contributed by atoms with E-state index >= 15 is 0 Å². The second-order valence-corrected chi connectivity index (χ2v) is 4.60. The van der Waals surface area contributed by atoms with Gasteiger partial charge in [-0.15, -0.1) is 0 Å².